The molecule has 3 nitrogen and oxygen atoms in total. The standard InChI is InChI=1S/C14H14BrFN2O/c1-9-5-14(10(7-17-2)8-18-9)19-11-3-4-12(15)13(16)6-11/h3-6,8,17H,7H2,1-2H3. The topological polar surface area (TPSA) is 34.2 Å². The van der Waals surface area contributed by atoms with E-state index in [2.05, 4.69) is 26.2 Å². The molecule has 2 aromatic rings. The summed E-state index contributed by atoms with van der Waals surface area (Å²) in [5, 5.41) is 3.05. The smallest absolute Gasteiger partial charge is 0.141 e. The number of nitrogens with one attached hydrogen (secondary N) is 1. The molecule has 19 heavy (non-hydrogen) atoms. The van der Waals surface area contributed by atoms with Gasteiger partial charge in [0.2, 0.25) is 0 Å². The number of aromatic nitrogens is 1. The molecule has 0 amide bonds. The molecule has 0 aliphatic heterocycles. The largest absolute Gasteiger partial charge is 0.457 e. The second-order valence-electron chi connectivity index (χ2n) is 4.14. The molecular weight excluding hydrogens is 311 g/mol. The van der Waals surface area contributed by atoms with Crippen molar-refractivity contribution >= 4 is 15.9 Å². The van der Waals surface area contributed by atoms with E-state index < -0.39 is 0 Å². The van der Waals surface area contributed by atoms with Gasteiger partial charge in [0, 0.05) is 36.1 Å². The fourth-order valence-electron chi connectivity index (χ4n) is 1.65. The molecule has 100 valence electrons. The van der Waals surface area contributed by atoms with E-state index in [4.69, 9.17) is 4.74 Å². The maximum absolute atomic E-state index is 13.5. The summed E-state index contributed by atoms with van der Waals surface area (Å²) in [7, 11) is 1.85. The number of aryl methyl sites for hydroxylation is 1. The van der Waals surface area contributed by atoms with E-state index in [0.717, 1.165) is 11.3 Å². The van der Waals surface area contributed by atoms with Crippen LogP contribution in [0.1, 0.15) is 11.3 Å². The number of halogens is 2. The van der Waals surface area contributed by atoms with Crippen molar-refractivity contribution in [3.63, 3.8) is 0 Å². The number of ether oxygens (including phenoxy) is 1. The average Bonchev–Trinajstić information content (AvgIpc) is 2.37. The Morgan fingerprint density at radius 1 is 1.37 bits per heavy atom. The highest BCUT2D eigenvalue weighted by molar-refractivity contribution is 9.10. The zero-order valence-corrected chi connectivity index (χ0v) is 12.3. The highest BCUT2D eigenvalue weighted by atomic mass is 79.9. The lowest BCUT2D eigenvalue weighted by Crippen LogP contribution is -2.07. The van der Waals surface area contributed by atoms with Gasteiger partial charge in [0.1, 0.15) is 17.3 Å². The first-order valence-electron chi connectivity index (χ1n) is 5.83. The Labute approximate surface area is 119 Å². The maximum atomic E-state index is 13.5. The van der Waals surface area contributed by atoms with Crippen LogP contribution in [0, 0.1) is 12.7 Å². The Balaban J connectivity index is 2.30. The zero-order chi connectivity index (χ0) is 13.8. The normalized spacial score (nSPS) is 10.5. The van der Waals surface area contributed by atoms with Gasteiger partial charge in [0.05, 0.1) is 4.47 Å². The predicted molar refractivity (Wildman–Crippen MR) is 75.9 cm³/mol. The third-order valence-corrected chi connectivity index (χ3v) is 3.21. The van der Waals surface area contributed by atoms with Crippen LogP contribution in [0.5, 0.6) is 11.5 Å². The molecule has 5 heteroatoms. The Kier molecular flexibility index (Phi) is 4.50. The van der Waals surface area contributed by atoms with E-state index in [9.17, 15) is 4.39 Å². The van der Waals surface area contributed by atoms with Crippen LogP contribution in [0.15, 0.2) is 34.9 Å². The lowest BCUT2D eigenvalue weighted by atomic mass is 10.2. The molecule has 1 aromatic heterocycles. The van der Waals surface area contributed by atoms with E-state index in [1.165, 1.54) is 6.07 Å². The van der Waals surface area contributed by atoms with Crippen molar-refractivity contribution in [3.8, 4) is 11.5 Å². The molecule has 1 aromatic carbocycles. The molecule has 1 N–H and O–H groups in total. The Hall–Kier alpha value is -1.46. The van der Waals surface area contributed by atoms with E-state index in [1.807, 2.05) is 20.0 Å². The number of nitrogens with zero attached hydrogens (tertiary/aromatic N) is 1. The van der Waals surface area contributed by atoms with Crippen LogP contribution in [0.3, 0.4) is 0 Å². The molecule has 1 heterocycles. The highest BCUT2D eigenvalue weighted by Gasteiger charge is 2.08. The van der Waals surface area contributed by atoms with Crippen molar-refractivity contribution in [2.75, 3.05) is 7.05 Å². The first-order chi connectivity index (χ1) is 9.10. The van der Waals surface area contributed by atoms with Crippen LogP contribution in [-0.4, -0.2) is 12.0 Å². The Bertz CT molecular complexity index is 590. The van der Waals surface area contributed by atoms with Gasteiger partial charge in [0.15, 0.2) is 0 Å². The van der Waals surface area contributed by atoms with Crippen LogP contribution in [0.25, 0.3) is 0 Å². The SMILES string of the molecule is CNCc1cnc(C)cc1Oc1ccc(Br)c(F)c1. The molecule has 0 fully saturated rings. The molecule has 2 rings (SSSR count). The van der Waals surface area contributed by atoms with Crippen LogP contribution in [-0.2, 0) is 6.54 Å². The lowest BCUT2D eigenvalue weighted by molar-refractivity contribution is 0.467. The summed E-state index contributed by atoms with van der Waals surface area (Å²) < 4.78 is 19.6. The summed E-state index contributed by atoms with van der Waals surface area (Å²) in [5.41, 5.74) is 1.78. The van der Waals surface area contributed by atoms with Gasteiger partial charge in [-0.25, -0.2) is 4.39 Å². The molecule has 0 aliphatic rings. The van der Waals surface area contributed by atoms with Crippen molar-refractivity contribution in [1.29, 1.82) is 0 Å². The van der Waals surface area contributed by atoms with Gasteiger partial charge in [-0.2, -0.15) is 0 Å². The Morgan fingerprint density at radius 2 is 2.16 bits per heavy atom. The number of pyridine rings is 1. The van der Waals surface area contributed by atoms with Gasteiger partial charge >= 0.3 is 0 Å². The summed E-state index contributed by atoms with van der Waals surface area (Å²) >= 11 is 3.12. The minimum Gasteiger partial charge on any atom is -0.457 e. The number of hydrogen-bond acceptors (Lipinski definition) is 3. The van der Waals surface area contributed by atoms with Crippen molar-refractivity contribution in [3.05, 3.63) is 52.0 Å². The first kappa shape index (κ1) is 14.0. The molecule has 0 saturated heterocycles. The molecule has 0 saturated carbocycles. The Morgan fingerprint density at radius 3 is 2.84 bits per heavy atom. The van der Waals surface area contributed by atoms with Crippen molar-refractivity contribution in [1.82, 2.24) is 10.3 Å². The second kappa shape index (κ2) is 6.12. The predicted octanol–water partition coefficient (Wildman–Crippen LogP) is 3.80. The summed E-state index contributed by atoms with van der Waals surface area (Å²) in [6, 6.07) is 6.53. The zero-order valence-electron chi connectivity index (χ0n) is 10.7. The molecule has 0 spiro atoms. The lowest BCUT2D eigenvalue weighted by Gasteiger charge is -2.11. The molecular formula is C14H14BrFN2O. The van der Waals surface area contributed by atoms with Crippen LogP contribution >= 0.6 is 15.9 Å². The van der Waals surface area contributed by atoms with Crippen molar-refractivity contribution in [2.45, 2.75) is 13.5 Å². The van der Waals surface area contributed by atoms with Gasteiger partial charge < -0.3 is 10.1 Å². The highest BCUT2D eigenvalue weighted by Crippen LogP contribution is 2.28. The molecule has 0 bridgehead atoms. The van der Waals surface area contributed by atoms with E-state index >= 15 is 0 Å². The summed E-state index contributed by atoms with van der Waals surface area (Å²) in [6.45, 7) is 2.53. The van der Waals surface area contributed by atoms with Gasteiger partial charge in [-0.15, -0.1) is 0 Å². The maximum Gasteiger partial charge on any atom is 0.141 e. The number of rotatable bonds is 4. The number of benzene rings is 1. The fourth-order valence-corrected chi connectivity index (χ4v) is 1.90. The minimum atomic E-state index is -0.349. The van der Waals surface area contributed by atoms with Gasteiger partial charge in [0.25, 0.3) is 0 Å². The van der Waals surface area contributed by atoms with E-state index in [1.54, 1.807) is 18.3 Å². The summed E-state index contributed by atoms with van der Waals surface area (Å²) in [6.07, 6.45) is 1.76. The molecule has 0 unspecified atom stereocenters. The van der Waals surface area contributed by atoms with E-state index in [0.29, 0.717) is 22.5 Å². The minimum absolute atomic E-state index is 0.349. The molecule has 0 atom stereocenters. The second-order valence-corrected chi connectivity index (χ2v) is 5.00. The average molecular weight is 325 g/mol. The quantitative estimate of drug-likeness (QED) is 0.928. The van der Waals surface area contributed by atoms with Crippen LogP contribution in [0.2, 0.25) is 0 Å². The monoisotopic (exact) mass is 324 g/mol. The van der Waals surface area contributed by atoms with Crippen molar-refractivity contribution in [2.24, 2.45) is 0 Å². The molecule has 0 radical (unpaired) electrons. The van der Waals surface area contributed by atoms with Crippen molar-refractivity contribution < 1.29 is 9.13 Å². The summed E-state index contributed by atoms with van der Waals surface area (Å²) in [5.74, 6) is 0.797. The first-order valence-corrected chi connectivity index (χ1v) is 6.62. The number of hydrogen-bond donors (Lipinski definition) is 1. The molecule has 0 aliphatic carbocycles. The van der Waals surface area contributed by atoms with Gasteiger partial charge in [-0.1, -0.05) is 0 Å². The van der Waals surface area contributed by atoms with Gasteiger partial charge in [-0.05, 0) is 42.0 Å². The fraction of sp³-hybridized carbons (Fsp3) is 0.214. The van der Waals surface area contributed by atoms with Crippen LogP contribution in [0.4, 0.5) is 4.39 Å². The summed E-state index contributed by atoms with van der Waals surface area (Å²) in [4.78, 5) is 4.23. The van der Waals surface area contributed by atoms with Crippen LogP contribution < -0.4 is 10.1 Å². The third-order valence-electron chi connectivity index (χ3n) is 2.57. The van der Waals surface area contributed by atoms with Gasteiger partial charge in [-0.3, -0.25) is 4.98 Å². The third kappa shape index (κ3) is 3.52. The van der Waals surface area contributed by atoms with E-state index in [-0.39, 0.29) is 5.82 Å².